The highest BCUT2D eigenvalue weighted by Crippen LogP contribution is 2.16. The van der Waals surface area contributed by atoms with Crippen molar-refractivity contribution in [3.05, 3.63) is 18.3 Å². The third kappa shape index (κ3) is 2.35. The van der Waals surface area contributed by atoms with Gasteiger partial charge in [-0.2, -0.15) is 0 Å². The molecule has 0 saturated heterocycles. The van der Waals surface area contributed by atoms with Gasteiger partial charge >= 0.3 is 6.01 Å². The van der Waals surface area contributed by atoms with Crippen molar-refractivity contribution >= 4 is 6.01 Å². The number of anilines is 1. The lowest BCUT2D eigenvalue weighted by Gasteiger charge is -1.97. The molecule has 0 aliphatic carbocycles. The lowest BCUT2D eigenvalue weighted by molar-refractivity contribution is 0.210. The Balaban J connectivity index is 1.98. The Labute approximate surface area is 86.7 Å². The fraction of sp³-hybridized carbons (Fsp3) is 0.333. The van der Waals surface area contributed by atoms with Gasteiger partial charge in [-0.1, -0.05) is 5.10 Å². The Morgan fingerprint density at radius 1 is 1.53 bits per heavy atom. The van der Waals surface area contributed by atoms with E-state index in [1.165, 1.54) is 0 Å². The van der Waals surface area contributed by atoms with Gasteiger partial charge in [-0.25, -0.2) is 0 Å². The van der Waals surface area contributed by atoms with Gasteiger partial charge in [0.2, 0.25) is 0 Å². The van der Waals surface area contributed by atoms with Crippen molar-refractivity contribution < 1.29 is 9.15 Å². The van der Waals surface area contributed by atoms with Crippen molar-refractivity contribution in [3.63, 3.8) is 0 Å². The van der Waals surface area contributed by atoms with E-state index in [2.05, 4.69) is 20.5 Å². The van der Waals surface area contributed by atoms with Gasteiger partial charge in [-0.3, -0.25) is 0 Å². The molecular formula is C9H12N4O2. The molecular weight excluding hydrogens is 196 g/mol. The zero-order valence-corrected chi connectivity index (χ0v) is 8.36. The number of ether oxygens (including phenoxy) is 1. The van der Waals surface area contributed by atoms with Crippen molar-refractivity contribution in [1.82, 2.24) is 15.2 Å². The molecule has 15 heavy (non-hydrogen) atoms. The fourth-order valence-electron chi connectivity index (χ4n) is 1.13. The molecule has 2 heterocycles. The van der Waals surface area contributed by atoms with Crippen molar-refractivity contribution in [3.8, 4) is 11.6 Å². The Morgan fingerprint density at radius 2 is 2.47 bits per heavy atom. The summed E-state index contributed by atoms with van der Waals surface area (Å²) in [5, 5.41) is 10.7. The summed E-state index contributed by atoms with van der Waals surface area (Å²) in [5.41, 5.74) is 0.808. The standard InChI is InChI=1S/C9H12N4O2/c1-14-6-5-11-9-13-12-8(15-9)7-3-2-4-10-7/h2-4,10H,5-6H2,1H3,(H,11,13). The highest BCUT2D eigenvalue weighted by molar-refractivity contribution is 5.47. The smallest absolute Gasteiger partial charge is 0.315 e. The fourth-order valence-corrected chi connectivity index (χ4v) is 1.13. The summed E-state index contributed by atoms with van der Waals surface area (Å²) in [7, 11) is 1.64. The SMILES string of the molecule is COCCNc1nnc(-c2ccc[nH]2)o1. The first-order valence-corrected chi connectivity index (χ1v) is 4.60. The third-order valence-corrected chi connectivity index (χ3v) is 1.84. The maximum absolute atomic E-state index is 5.35. The van der Waals surface area contributed by atoms with Gasteiger partial charge < -0.3 is 19.5 Å². The monoisotopic (exact) mass is 208 g/mol. The van der Waals surface area contributed by atoms with Gasteiger partial charge in [-0.05, 0) is 12.1 Å². The van der Waals surface area contributed by atoms with Crippen LogP contribution in [0.15, 0.2) is 22.7 Å². The normalized spacial score (nSPS) is 10.5. The van der Waals surface area contributed by atoms with E-state index >= 15 is 0 Å². The van der Waals surface area contributed by atoms with Crippen LogP contribution in [0.1, 0.15) is 0 Å². The van der Waals surface area contributed by atoms with E-state index in [1.807, 2.05) is 12.1 Å². The van der Waals surface area contributed by atoms with Crippen LogP contribution in [0.25, 0.3) is 11.6 Å². The molecule has 2 aromatic rings. The van der Waals surface area contributed by atoms with Gasteiger partial charge in [0, 0.05) is 19.9 Å². The number of methoxy groups -OCH3 is 1. The maximum Gasteiger partial charge on any atom is 0.315 e. The highest BCUT2D eigenvalue weighted by Gasteiger charge is 2.07. The highest BCUT2D eigenvalue weighted by atomic mass is 16.5. The van der Waals surface area contributed by atoms with Gasteiger partial charge in [0.1, 0.15) is 5.69 Å². The van der Waals surface area contributed by atoms with Crippen LogP contribution in [-0.4, -0.2) is 35.4 Å². The van der Waals surface area contributed by atoms with E-state index < -0.39 is 0 Å². The maximum atomic E-state index is 5.35. The minimum absolute atomic E-state index is 0.400. The predicted molar refractivity (Wildman–Crippen MR) is 54.5 cm³/mol. The summed E-state index contributed by atoms with van der Waals surface area (Å²) < 4.78 is 10.2. The van der Waals surface area contributed by atoms with Crippen LogP contribution in [0.3, 0.4) is 0 Å². The molecule has 0 aromatic carbocycles. The Morgan fingerprint density at radius 3 is 3.20 bits per heavy atom. The van der Waals surface area contributed by atoms with Crippen LogP contribution in [0, 0.1) is 0 Å². The van der Waals surface area contributed by atoms with Gasteiger partial charge in [0.05, 0.1) is 6.61 Å². The summed E-state index contributed by atoms with van der Waals surface area (Å²) in [5.74, 6) is 0.472. The van der Waals surface area contributed by atoms with Crippen molar-refractivity contribution in [2.75, 3.05) is 25.6 Å². The van der Waals surface area contributed by atoms with Gasteiger partial charge in [0.15, 0.2) is 0 Å². The quantitative estimate of drug-likeness (QED) is 0.720. The molecule has 0 atom stereocenters. The molecule has 2 rings (SSSR count). The molecule has 0 aliphatic heterocycles. The molecule has 0 amide bonds. The van der Waals surface area contributed by atoms with E-state index in [4.69, 9.17) is 9.15 Å². The first-order chi connectivity index (χ1) is 7.40. The van der Waals surface area contributed by atoms with E-state index in [1.54, 1.807) is 13.3 Å². The minimum Gasteiger partial charge on any atom is -0.402 e. The number of aromatic nitrogens is 3. The van der Waals surface area contributed by atoms with Crippen molar-refractivity contribution in [2.45, 2.75) is 0 Å². The summed E-state index contributed by atoms with van der Waals surface area (Å²) in [4.78, 5) is 2.99. The molecule has 0 bridgehead atoms. The largest absolute Gasteiger partial charge is 0.402 e. The molecule has 6 heteroatoms. The molecule has 0 spiro atoms. The number of nitrogens with zero attached hydrogens (tertiary/aromatic N) is 2. The van der Waals surface area contributed by atoms with Gasteiger partial charge in [0.25, 0.3) is 5.89 Å². The van der Waals surface area contributed by atoms with Crippen LogP contribution in [0.2, 0.25) is 0 Å². The molecule has 80 valence electrons. The molecule has 0 unspecified atom stereocenters. The topological polar surface area (TPSA) is 76.0 Å². The predicted octanol–water partition coefficient (Wildman–Crippen LogP) is 1.12. The molecule has 2 aromatic heterocycles. The van der Waals surface area contributed by atoms with E-state index in [0.717, 1.165) is 5.69 Å². The minimum atomic E-state index is 0.400. The summed E-state index contributed by atoms with van der Waals surface area (Å²) in [6, 6.07) is 4.14. The Hall–Kier alpha value is -1.82. The molecule has 2 N–H and O–H groups in total. The third-order valence-electron chi connectivity index (χ3n) is 1.84. The molecule has 0 aliphatic rings. The summed E-state index contributed by atoms with van der Waals surface area (Å²) >= 11 is 0. The van der Waals surface area contributed by atoms with Gasteiger partial charge in [-0.15, -0.1) is 5.10 Å². The first kappa shape index (κ1) is 9.72. The van der Waals surface area contributed by atoms with E-state index in [-0.39, 0.29) is 0 Å². The molecule has 0 radical (unpaired) electrons. The number of aromatic amines is 1. The number of nitrogens with one attached hydrogen (secondary N) is 2. The average molecular weight is 208 g/mol. The van der Waals surface area contributed by atoms with Crippen LogP contribution < -0.4 is 5.32 Å². The first-order valence-electron chi connectivity index (χ1n) is 4.60. The van der Waals surface area contributed by atoms with E-state index in [0.29, 0.717) is 25.1 Å². The Bertz CT molecular complexity index is 396. The van der Waals surface area contributed by atoms with Crippen molar-refractivity contribution in [1.29, 1.82) is 0 Å². The van der Waals surface area contributed by atoms with E-state index in [9.17, 15) is 0 Å². The molecule has 0 fully saturated rings. The van der Waals surface area contributed by atoms with Crippen LogP contribution in [0.4, 0.5) is 6.01 Å². The zero-order valence-electron chi connectivity index (χ0n) is 8.36. The second-order valence-corrected chi connectivity index (χ2v) is 2.92. The average Bonchev–Trinajstić information content (AvgIpc) is 2.87. The summed E-state index contributed by atoms with van der Waals surface area (Å²) in [6.07, 6.45) is 1.80. The van der Waals surface area contributed by atoms with Crippen LogP contribution >= 0.6 is 0 Å². The van der Waals surface area contributed by atoms with Crippen molar-refractivity contribution in [2.24, 2.45) is 0 Å². The van der Waals surface area contributed by atoms with Crippen LogP contribution in [-0.2, 0) is 4.74 Å². The Kier molecular flexibility index (Phi) is 2.99. The summed E-state index contributed by atoms with van der Waals surface area (Å²) in [6.45, 7) is 1.24. The number of hydrogen-bond donors (Lipinski definition) is 2. The van der Waals surface area contributed by atoms with Crippen LogP contribution in [0.5, 0.6) is 0 Å². The number of rotatable bonds is 5. The second kappa shape index (κ2) is 4.61. The lowest BCUT2D eigenvalue weighted by atomic mass is 10.4. The number of hydrogen-bond acceptors (Lipinski definition) is 5. The zero-order chi connectivity index (χ0) is 10.5. The lowest BCUT2D eigenvalue weighted by Crippen LogP contribution is -2.07. The second-order valence-electron chi connectivity index (χ2n) is 2.92. The molecule has 6 nitrogen and oxygen atoms in total. The molecule has 0 saturated carbocycles. The number of H-pyrrole nitrogens is 1.